The highest BCUT2D eigenvalue weighted by Crippen LogP contribution is 2.28. The highest BCUT2D eigenvalue weighted by Gasteiger charge is 2.15. The third kappa shape index (κ3) is 3.34. The second-order valence-electron chi connectivity index (χ2n) is 3.80. The lowest BCUT2D eigenvalue weighted by Gasteiger charge is -2.20. The molecular formula is C11H15N3O2S. The number of nitrogens with two attached hydrogens (primary N) is 1. The van der Waals surface area contributed by atoms with E-state index in [-0.39, 0.29) is 5.84 Å². The van der Waals surface area contributed by atoms with Gasteiger partial charge in [-0.1, -0.05) is 5.16 Å². The highest BCUT2D eigenvalue weighted by molar-refractivity contribution is 7.99. The topological polar surface area (TPSA) is 80.7 Å². The first-order valence-corrected chi connectivity index (χ1v) is 6.36. The van der Waals surface area contributed by atoms with Crippen LogP contribution in [0.15, 0.2) is 28.5 Å². The van der Waals surface area contributed by atoms with Gasteiger partial charge in [0, 0.05) is 30.2 Å². The number of amidine groups is 1. The molecule has 3 N–H and O–H groups in total. The number of thioether (sulfide) groups is 1. The van der Waals surface area contributed by atoms with Crippen LogP contribution in [0.5, 0.6) is 0 Å². The van der Waals surface area contributed by atoms with E-state index in [0.29, 0.717) is 10.8 Å². The molecule has 0 saturated carbocycles. The number of pyridine rings is 1. The van der Waals surface area contributed by atoms with Crippen molar-refractivity contribution >= 4 is 17.6 Å². The van der Waals surface area contributed by atoms with E-state index in [4.69, 9.17) is 15.7 Å². The van der Waals surface area contributed by atoms with Gasteiger partial charge in [-0.15, -0.1) is 11.8 Å². The van der Waals surface area contributed by atoms with Crippen LogP contribution in [0.2, 0.25) is 0 Å². The molecule has 5 nitrogen and oxygen atoms in total. The third-order valence-corrected chi connectivity index (χ3v) is 3.86. The molecule has 0 radical (unpaired) electrons. The monoisotopic (exact) mass is 253 g/mol. The predicted octanol–water partition coefficient (Wildman–Crippen LogP) is 1.45. The third-order valence-electron chi connectivity index (χ3n) is 2.59. The smallest absolute Gasteiger partial charge is 0.170 e. The summed E-state index contributed by atoms with van der Waals surface area (Å²) < 4.78 is 5.31. The highest BCUT2D eigenvalue weighted by atomic mass is 32.2. The van der Waals surface area contributed by atoms with Gasteiger partial charge in [0.15, 0.2) is 5.84 Å². The van der Waals surface area contributed by atoms with Crippen LogP contribution in [0, 0.1) is 0 Å². The molecule has 0 amide bonds. The van der Waals surface area contributed by atoms with E-state index >= 15 is 0 Å². The molecule has 0 atom stereocenters. The van der Waals surface area contributed by atoms with E-state index in [9.17, 15) is 0 Å². The minimum Gasteiger partial charge on any atom is -0.409 e. The molecule has 0 unspecified atom stereocenters. The average Bonchev–Trinajstić information content (AvgIpc) is 2.39. The van der Waals surface area contributed by atoms with Crippen LogP contribution < -0.4 is 5.73 Å². The molecular weight excluding hydrogens is 238 g/mol. The van der Waals surface area contributed by atoms with E-state index < -0.39 is 0 Å². The fraction of sp³-hybridized carbons (Fsp3) is 0.455. The molecule has 0 spiro atoms. The molecule has 0 aromatic carbocycles. The van der Waals surface area contributed by atoms with Crippen molar-refractivity contribution in [1.82, 2.24) is 4.98 Å². The summed E-state index contributed by atoms with van der Waals surface area (Å²) in [4.78, 5) is 4.28. The first-order valence-electron chi connectivity index (χ1n) is 5.48. The summed E-state index contributed by atoms with van der Waals surface area (Å²) >= 11 is 1.72. The van der Waals surface area contributed by atoms with Crippen LogP contribution in [0.4, 0.5) is 0 Å². The lowest BCUT2D eigenvalue weighted by Crippen LogP contribution is -2.18. The number of oxime groups is 1. The Morgan fingerprint density at radius 3 is 3.00 bits per heavy atom. The lowest BCUT2D eigenvalue weighted by atomic mass is 10.2. The zero-order valence-electron chi connectivity index (χ0n) is 9.37. The van der Waals surface area contributed by atoms with Crippen LogP contribution in [-0.2, 0) is 4.74 Å². The Bertz CT molecular complexity index is 405. The number of aromatic nitrogens is 1. The number of rotatable bonds is 3. The van der Waals surface area contributed by atoms with Crippen molar-refractivity contribution in [2.24, 2.45) is 10.9 Å². The molecule has 1 fully saturated rings. The van der Waals surface area contributed by atoms with Gasteiger partial charge in [-0.05, 0) is 25.0 Å². The summed E-state index contributed by atoms with van der Waals surface area (Å²) in [6.45, 7) is 1.63. The molecule has 1 aromatic rings. The average molecular weight is 253 g/mol. The number of nitrogens with zero attached hydrogens (tertiary/aromatic N) is 2. The van der Waals surface area contributed by atoms with E-state index in [2.05, 4.69) is 10.1 Å². The quantitative estimate of drug-likeness (QED) is 0.369. The largest absolute Gasteiger partial charge is 0.409 e. The Morgan fingerprint density at radius 2 is 2.29 bits per heavy atom. The maximum Gasteiger partial charge on any atom is 0.170 e. The number of ether oxygens (including phenoxy) is 1. The summed E-state index contributed by atoms with van der Waals surface area (Å²) in [5.41, 5.74) is 6.23. The normalized spacial score (nSPS) is 18.2. The molecule has 1 saturated heterocycles. The number of hydrogen-bond acceptors (Lipinski definition) is 5. The van der Waals surface area contributed by atoms with Crippen LogP contribution in [-0.4, -0.2) is 34.5 Å². The minimum absolute atomic E-state index is 0.112. The molecule has 0 aliphatic carbocycles. The maximum atomic E-state index is 8.62. The van der Waals surface area contributed by atoms with Crippen LogP contribution in [0.3, 0.4) is 0 Å². The second kappa shape index (κ2) is 5.88. The second-order valence-corrected chi connectivity index (χ2v) is 5.12. The van der Waals surface area contributed by atoms with Crippen molar-refractivity contribution in [2.75, 3.05) is 13.2 Å². The molecule has 0 bridgehead atoms. The molecule has 92 valence electrons. The van der Waals surface area contributed by atoms with Crippen molar-refractivity contribution in [3.63, 3.8) is 0 Å². The van der Waals surface area contributed by atoms with Gasteiger partial charge in [0.2, 0.25) is 0 Å². The van der Waals surface area contributed by atoms with Gasteiger partial charge in [-0.3, -0.25) is 0 Å². The zero-order valence-corrected chi connectivity index (χ0v) is 10.2. The summed E-state index contributed by atoms with van der Waals surface area (Å²) in [7, 11) is 0. The summed E-state index contributed by atoms with van der Waals surface area (Å²) in [6.07, 6.45) is 3.76. The van der Waals surface area contributed by atoms with Gasteiger partial charge in [0.1, 0.15) is 0 Å². The van der Waals surface area contributed by atoms with Crippen LogP contribution in [0.25, 0.3) is 0 Å². The van der Waals surface area contributed by atoms with Gasteiger partial charge in [0.05, 0.1) is 5.03 Å². The molecule has 1 aliphatic rings. The van der Waals surface area contributed by atoms with Crippen molar-refractivity contribution in [2.45, 2.75) is 23.1 Å². The van der Waals surface area contributed by atoms with E-state index in [1.807, 2.05) is 6.07 Å². The Labute approximate surface area is 104 Å². The fourth-order valence-corrected chi connectivity index (χ4v) is 2.74. The first kappa shape index (κ1) is 12.2. The fourth-order valence-electron chi connectivity index (χ4n) is 1.66. The van der Waals surface area contributed by atoms with Crippen molar-refractivity contribution in [3.8, 4) is 0 Å². The molecule has 2 heterocycles. The first-order chi connectivity index (χ1) is 8.29. The minimum atomic E-state index is 0.112. The predicted molar refractivity (Wildman–Crippen MR) is 66.4 cm³/mol. The SMILES string of the molecule is NC(=NO)c1ccnc(SC2CCOCC2)c1. The van der Waals surface area contributed by atoms with Crippen molar-refractivity contribution in [1.29, 1.82) is 0 Å². The van der Waals surface area contributed by atoms with Gasteiger partial charge < -0.3 is 15.7 Å². The van der Waals surface area contributed by atoms with Gasteiger partial charge in [-0.2, -0.15) is 0 Å². The molecule has 6 heteroatoms. The lowest BCUT2D eigenvalue weighted by molar-refractivity contribution is 0.1000. The summed E-state index contributed by atoms with van der Waals surface area (Å²) in [5.74, 6) is 0.112. The number of hydrogen-bond donors (Lipinski definition) is 2. The molecule has 2 rings (SSSR count). The van der Waals surface area contributed by atoms with Crippen LogP contribution in [0.1, 0.15) is 18.4 Å². The molecule has 1 aliphatic heterocycles. The molecule has 17 heavy (non-hydrogen) atoms. The van der Waals surface area contributed by atoms with Crippen molar-refractivity contribution in [3.05, 3.63) is 23.9 Å². The standard InChI is InChI=1S/C11H15N3O2S/c12-11(14-15)8-1-4-13-10(7-8)17-9-2-5-16-6-3-9/h1,4,7,9,15H,2-3,5-6H2,(H2,12,14). The zero-order chi connectivity index (χ0) is 12.1. The maximum absolute atomic E-state index is 8.62. The summed E-state index contributed by atoms with van der Waals surface area (Å²) in [5, 5.41) is 13.0. The summed E-state index contributed by atoms with van der Waals surface area (Å²) in [6, 6.07) is 3.57. The van der Waals surface area contributed by atoms with E-state index in [1.165, 1.54) is 0 Å². The van der Waals surface area contributed by atoms with Gasteiger partial charge >= 0.3 is 0 Å². The Balaban J connectivity index is 2.05. The molecule has 1 aromatic heterocycles. The Morgan fingerprint density at radius 1 is 1.53 bits per heavy atom. The van der Waals surface area contributed by atoms with Crippen LogP contribution >= 0.6 is 11.8 Å². The Hall–Kier alpha value is -1.27. The van der Waals surface area contributed by atoms with E-state index in [0.717, 1.165) is 31.1 Å². The van der Waals surface area contributed by atoms with Crippen molar-refractivity contribution < 1.29 is 9.94 Å². The van der Waals surface area contributed by atoms with Gasteiger partial charge in [-0.25, -0.2) is 4.98 Å². The van der Waals surface area contributed by atoms with E-state index in [1.54, 1.807) is 24.0 Å². The Kier molecular flexibility index (Phi) is 4.22. The van der Waals surface area contributed by atoms with Gasteiger partial charge in [0.25, 0.3) is 0 Å².